The Bertz CT molecular complexity index is 608. The normalized spacial score (nSPS) is 11.6. The quantitative estimate of drug-likeness (QED) is 0.917. The summed E-state index contributed by atoms with van der Waals surface area (Å²) in [4.78, 5) is 0.247. The van der Waals surface area contributed by atoms with Gasteiger partial charge in [0.1, 0.15) is 0 Å². The van der Waals surface area contributed by atoms with Gasteiger partial charge in [-0.2, -0.15) is 0 Å². The molecule has 6 heteroatoms. The molecule has 0 aliphatic carbocycles. The van der Waals surface area contributed by atoms with Crippen LogP contribution in [-0.2, 0) is 16.4 Å². The third-order valence-electron chi connectivity index (χ3n) is 2.41. The highest BCUT2D eigenvalue weighted by Gasteiger charge is 2.16. The summed E-state index contributed by atoms with van der Waals surface area (Å²) >= 11 is 3.23. The largest absolute Gasteiger partial charge is 0.472 e. The molecule has 1 aromatic heterocycles. The summed E-state index contributed by atoms with van der Waals surface area (Å²) in [5.74, 6) is 0. The molecule has 0 unspecified atom stereocenters. The van der Waals surface area contributed by atoms with Crippen molar-refractivity contribution in [2.75, 3.05) is 6.54 Å². The maximum atomic E-state index is 12.0. The number of sulfonamides is 1. The second kappa shape index (κ2) is 5.69. The van der Waals surface area contributed by atoms with Crippen LogP contribution in [0.3, 0.4) is 0 Å². The van der Waals surface area contributed by atoms with Crippen molar-refractivity contribution in [2.24, 2.45) is 0 Å². The van der Waals surface area contributed by atoms with Gasteiger partial charge in [-0.15, -0.1) is 0 Å². The van der Waals surface area contributed by atoms with Gasteiger partial charge in [-0.1, -0.05) is 12.1 Å². The molecule has 0 spiro atoms. The fourth-order valence-electron chi connectivity index (χ4n) is 1.51. The zero-order valence-electron chi connectivity index (χ0n) is 9.47. The van der Waals surface area contributed by atoms with E-state index in [0.717, 1.165) is 5.56 Å². The maximum Gasteiger partial charge on any atom is 0.241 e. The van der Waals surface area contributed by atoms with E-state index in [2.05, 4.69) is 20.7 Å². The summed E-state index contributed by atoms with van der Waals surface area (Å²) in [7, 11) is -3.47. The Morgan fingerprint density at radius 2 is 2.00 bits per heavy atom. The third kappa shape index (κ3) is 3.22. The van der Waals surface area contributed by atoms with Crippen LogP contribution in [0.1, 0.15) is 5.56 Å². The minimum atomic E-state index is -3.47. The van der Waals surface area contributed by atoms with Gasteiger partial charge < -0.3 is 4.42 Å². The van der Waals surface area contributed by atoms with E-state index < -0.39 is 10.0 Å². The smallest absolute Gasteiger partial charge is 0.241 e. The molecule has 0 atom stereocenters. The molecule has 2 aromatic rings. The van der Waals surface area contributed by atoms with Crippen molar-refractivity contribution in [2.45, 2.75) is 11.3 Å². The minimum absolute atomic E-state index is 0.247. The van der Waals surface area contributed by atoms with Gasteiger partial charge in [0.05, 0.1) is 17.4 Å². The fraction of sp³-hybridized carbons (Fsp3) is 0.167. The van der Waals surface area contributed by atoms with Crippen molar-refractivity contribution in [1.82, 2.24) is 4.72 Å². The molecule has 0 radical (unpaired) electrons. The Hall–Kier alpha value is -1.11. The summed E-state index contributed by atoms with van der Waals surface area (Å²) in [5.41, 5.74) is 0.963. The SMILES string of the molecule is O=S(=O)(NCCc1ccoc1)c1ccccc1Br. The van der Waals surface area contributed by atoms with Gasteiger partial charge in [-0.05, 0) is 46.1 Å². The first-order chi connectivity index (χ1) is 8.59. The standard InChI is InChI=1S/C12H12BrNO3S/c13-11-3-1-2-4-12(11)18(15,16)14-7-5-10-6-8-17-9-10/h1-4,6,8-9,14H,5,7H2. The van der Waals surface area contributed by atoms with Gasteiger partial charge >= 0.3 is 0 Å². The molecule has 0 amide bonds. The second-order valence-corrected chi connectivity index (χ2v) is 6.30. The van der Waals surface area contributed by atoms with Gasteiger partial charge in [0.2, 0.25) is 10.0 Å². The van der Waals surface area contributed by atoms with Crippen LogP contribution in [-0.4, -0.2) is 15.0 Å². The Morgan fingerprint density at radius 3 is 2.67 bits per heavy atom. The molecule has 1 N–H and O–H groups in total. The lowest BCUT2D eigenvalue weighted by Gasteiger charge is -2.07. The Labute approximate surface area is 114 Å². The molecule has 0 aliphatic heterocycles. The van der Waals surface area contributed by atoms with Crippen LogP contribution in [0.5, 0.6) is 0 Å². The highest BCUT2D eigenvalue weighted by molar-refractivity contribution is 9.10. The van der Waals surface area contributed by atoms with Crippen LogP contribution in [0.4, 0.5) is 0 Å². The summed E-state index contributed by atoms with van der Waals surface area (Å²) in [6, 6.07) is 8.53. The number of nitrogens with one attached hydrogen (secondary N) is 1. The van der Waals surface area contributed by atoms with Crippen molar-refractivity contribution in [3.63, 3.8) is 0 Å². The zero-order chi connectivity index (χ0) is 13.0. The van der Waals surface area contributed by atoms with E-state index in [1.54, 1.807) is 36.8 Å². The van der Waals surface area contributed by atoms with Crippen molar-refractivity contribution in [3.05, 3.63) is 52.9 Å². The predicted molar refractivity (Wildman–Crippen MR) is 71.7 cm³/mol. The lowest BCUT2D eigenvalue weighted by molar-refractivity contribution is 0.562. The van der Waals surface area contributed by atoms with E-state index in [4.69, 9.17) is 4.42 Å². The molecular formula is C12H12BrNO3S. The monoisotopic (exact) mass is 329 g/mol. The molecule has 0 bridgehead atoms. The molecule has 0 fully saturated rings. The number of benzene rings is 1. The molecular weight excluding hydrogens is 318 g/mol. The Morgan fingerprint density at radius 1 is 1.22 bits per heavy atom. The predicted octanol–water partition coefficient (Wildman–Crippen LogP) is 2.56. The molecule has 0 saturated carbocycles. The minimum Gasteiger partial charge on any atom is -0.472 e. The van der Waals surface area contributed by atoms with E-state index in [9.17, 15) is 8.42 Å². The van der Waals surface area contributed by atoms with Gasteiger partial charge in [-0.3, -0.25) is 0 Å². The van der Waals surface area contributed by atoms with Crippen LogP contribution >= 0.6 is 15.9 Å². The van der Waals surface area contributed by atoms with Crippen molar-refractivity contribution in [3.8, 4) is 0 Å². The van der Waals surface area contributed by atoms with Crippen LogP contribution in [0.2, 0.25) is 0 Å². The first-order valence-electron chi connectivity index (χ1n) is 5.35. The van der Waals surface area contributed by atoms with Crippen LogP contribution < -0.4 is 4.72 Å². The zero-order valence-corrected chi connectivity index (χ0v) is 11.9. The number of rotatable bonds is 5. The lowest BCUT2D eigenvalue weighted by Crippen LogP contribution is -2.26. The first kappa shape index (κ1) is 13.3. The Balaban J connectivity index is 2.02. The molecule has 4 nitrogen and oxygen atoms in total. The van der Waals surface area contributed by atoms with Gasteiger partial charge in [0.15, 0.2) is 0 Å². The summed E-state index contributed by atoms with van der Waals surface area (Å²) < 4.78 is 32.1. The molecule has 0 saturated heterocycles. The molecule has 0 aliphatic rings. The summed E-state index contributed by atoms with van der Waals surface area (Å²) in [5, 5.41) is 0. The highest BCUT2D eigenvalue weighted by Crippen LogP contribution is 2.20. The number of hydrogen-bond donors (Lipinski definition) is 1. The van der Waals surface area contributed by atoms with Gasteiger partial charge in [0.25, 0.3) is 0 Å². The number of furan rings is 1. The molecule has 18 heavy (non-hydrogen) atoms. The number of halogens is 1. The van der Waals surface area contributed by atoms with Crippen molar-refractivity contribution >= 4 is 26.0 Å². The second-order valence-electron chi connectivity index (χ2n) is 3.71. The molecule has 1 heterocycles. The number of hydrogen-bond acceptors (Lipinski definition) is 3. The third-order valence-corrected chi connectivity index (χ3v) is 4.89. The fourth-order valence-corrected chi connectivity index (χ4v) is 3.54. The van der Waals surface area contributed by atoms with Crippen LogP contribution in [0.25, 0.3) is 0 Å². The maximum absolute atomic E-state index is 12.0. The van der Waals surface area contributed by atoms with Crippen LogP contribution in [0, 0.1) is 0 Å². The topological polar surface area (TPSA) is 59.3 Å². The van der Waals surface area contributed by atoms with Crippen LogP contribution in [0.15, 0.2) is 56.6 Å². The summed E-state index contributed by atoms with van der Waals surface area (Å²) in [6.45, 7) is 0.337. The Kier molecular flexibility index (Phi) is 4.21. The van der Waals surface area contributed by atoms with Crippen molar-refractivity contribution in [1.29, 1.82) is 0 Å². The molecule has 96 valence electrons. The van der Waals surface area contributed by atoms with Gasteiger partial charge in [-0.25, -0.2) is 13.1 Å². The van der Waals surface area contributed by atoms with E-state index in [-0.39, 0.29) is 4.90 Å². The van der Waals surface area contributed by atoms with E-state index in [1.165, 1.54) is 0 Å². The van der Waals surface area contributed by atoms with E-state index in [0.29, 0.717) is 17.4 Å². The summed E-state index contributed by atoms with van der Waals surface area (Å²) in [6.07, 6.45) is 3.77. The van der Waals surface area contributed by atoms with E-state index in [1.807, 2.05) is 6.07 Å². The van der Waals surface area contributed by atoms with E-state index >= 15 is 0 Å². The molecule has 1 aromatic carbocycles. The van der Waals surface area contributed by atoms with Gasteiger partial charge in [0, 0.05) is 11.0 Å². The average molecular weight is 330 g/mol. The lowest BCUT2D eigenvalue weighted by atomic mass is 10.2. The first-order valence-corrected chi connectivity index (χ1v) is 7.62. The molecule has 2 rings (SSSR count). The highest BCUT2D eigenvalue weighted by atomic mass is 79.9. The van der Waals surface area contributed by atoms with Crippen molar-refractivity contribution < 1.29 is 12.8 Å². The average Bonchev–Trinajstić information content (AvgIpc) is 2.82.